The molecule has 7 heteroatoms. The Bertz CT molecular complexity index is 258. The van der Waals surface area contributed by atoms with Gasteiger partial charge in [0.1, 0.15) is 0 Å². The highest BCUT2D eigenvalue weighted by molar-refractivity contribution is 5.82. The lowest BCUT2D eigenvalue weighted by atomic mass is 10.2. The fraction of sp³-hybridized carbons (Fsp3) is 0.900. The number of rotatable bonds is 5. The highest BCUT2D eigenvalue weighted by Gasteiger charge is 2.28. The standard InChI is InChI=1S/C10H17F3N2O2/c11-10(12,13)3-1-2-4-14-9(17)8-5-7(16)6-15-8/h7-8,15-16H,1-6H2,(H,14,17). The fourth-order valence-corrected chi connectivity index (χ4v) is 1.70. The van der Waals surface area contributed by atoms with Crippen molar-refractivity contribution in [1.29, 1.82) is 0 Å². The lowest BCUT2D eigenvalue weighted by Crippen LogP contribution is -2.40. The van der Waals surface area contributed by atoms with Crippen LogP contribution in [0.4, 0.5) is 13.2 Å². The SMILES string of the molecule is O=C(NCCCCC(F)(F)F)C1CC(O)CN1. The molecule has 1 heterocycles. The van der Waals surface area contributed by atoms with Gasteiger partial charge in [0, 0.05) is 19.5 Å². The molecule has 1 aliphatic rings. The van der Waals surface area contributed by atoms with Crippen LogP contribution < -0.4 is 10.6 Å². The molecule has 17 heavy (non-hydrogen) atoms. The van der Waals surface area contributed by atoms with Crippen molar-refractivity contribution in [2.75, 3.05) is 13.1 Å². The number of halogens is 3. The van der Waals surface area contributed by atoms with Gasteiger partial charge in [-0.2, -0.15) is 13.2 Å². The maximum Gasteiger partial charge on any atom is 0.389 e. The average Bonchev–Trinajstić information content (AvgIpc) is 2.62. The number of carbonyl (C=O) groups is 1. The van der Waals surface area contributed by atoms with E-state index in [2.05, 4.69) is 10.6 Å². The molecule has 1 saturated heterocycles. The van der Waals surface area contributed by atoms with E-state index in [1.54, 1.807) is 0 Å². The van der Waals surface area contributed by atoms with E-state index in [4.69, 9.17) is 0 Å². The van der Waals surface area contributed by atoms with Crippen LogP contribution in [-0.2, 0) is 4.79 Å². The van der Waals surface area contributed by atoms with Crippen LogP contribution in [0, 0.1) is 0 Å². The molecule has 0 aliphatic carbocycles. The zero-order chi connectivity index (χ0) is 12.9. The van der Waals surface area contributed by atoms with Crippen molar-refractivity contribution in [3.05, 3.63) is 0 Å². The van der Waals surface area contributed by atoms with Crippen molar-refractivity contribution in [3.63, 3.8) is 0 Å². The summed E-state index contributed by atoms with van der Waals surface area (Å²) in [6.45, 7) is 0.620. The molecule has 3 N–H and O–H groups in total. The molecule has 2 atom stereocenters. The molecule has 0 aromatic heterocycles. The number of hydrogen-bond donors (Lipinski definition) is 3. The van der Waals surface area contributed by atoms with Gasteiger partial charge in [-0.05, 0) is 19.3 Å². The maximum absolute atomic E-state index is 11.8. The van der Waals surface area contributed by atoms with Crippen LogP contribution in [0.15, 0.2) is 0 Å². The van der Waals surface area contributed by atoms with Gasteiger partial charge in [-0.25, -0.2) is 0 Å². The number of amides is 1. The Morgan fingerprint density at radius 2 is 2.12 bits per heavy atom. The maximum atomic E-state index is 11.8. The molecule has 2 unspecified atom stereocenters. The largest absolute Gasteiger partial charge is 0.392 e. The molecule has 0 aromatic rings. The Morgan fingerprint density at radius 1 is 1.41 bits per heavy atom. The van der Waals surface area contributed by atoms with Gasteiger partial charge in [-0.15, -0.1) is 0 Å². The minimum Gasteiger partial charge on any atom is -0.392 e. The second-order valence-electron chi connectivity index (χ2n) is 4.21. The summed E-state index contributed by atoms with van der Waals surface area (Å²) >= 11 is 0. The summed E-state index contributed by atoms with van der Waals surface area (Å²) in [5, 5.41) is 14.6. The first-order valence-corrected chi connectivity index (χ1v) is 5.64. The lowest BCUT2D eigenvalue weighted by molar-refractivity contribution is -0.135. The van der Waals surface area contributed by atoms with Crippen molar-refractivity contribution in [1.82, 2.24) is 10.6 Å². The highest BCUT2D eigenvalue weighted by atomic mass is 19.4. The number of β-amino-alcohol motifs (C(OH)–C–C–N with tert-alkyl or cyclic N) is 1. The molecule has 0 spiro atoms. The van der Waals surface area contributed by atoms with Crippen molar-refractivity contribution in [2.24, 2.45) is 0 Å². The third-order valence-corrected chi connectivity index (χ3v) is 2.61. The van der Waals surface area contributed by atoms with Crippen LogP contribution in [0.5, 0.6) is 0 Å². The average molecular weight is 254 g/mol. The van der Waals surface area contributed by atoms with Crippen LogP contribution in [0.3, 0.4) is 0 Å². The molecule has 0 bridgehead atoms. The Hall–Kier alpha value is -0.820. The Kier molecular flexibility index (Phi) is 5.20. The molecular weight excluding hydrogens is 237 g/mol. The number of alkyl halides is 3. The molecule has 1 aliphatic heterocycles. The van der Waals surface area contributed by atoms with E-state index in [0.717, 1.165) is 0 Å². The molecule has 1 rings (SSSR count). The summed E-state index contributed by atoms with van der Waals surface area (Å²) in [6.07, 6.45) is -4.78. The molecule has 0 saturated carbocycles. The van der Waals surface area contributed by atoms with Crippen LogP contribution in [-0.4, -0.2) is 42.4 Å². The molecule has 4 nitrogen and oxygen atoms in total. The van der Waals surface area contributed by atoms with Gasteiger partial charge in [0.25, 0.3) is 0 Å². The summed E-state index contributed by atoms with van der Waals surface area (Å²) < 4.78 is 35.4. The quantitative estimate of drug-likeness (QED) is 0.628. The second-order valence-corrected chi connectivity index (χ2v) is 4.21. The number of hydrogen-bond acceptors (Lipinski definition) is 3. The fourth-order valence-electron chi connectivity index (χ4n) is 1.70. The Balaban J connectivity index is 2.05. The zero-order valence-electron chi connectivity index (χ0n) is 9.39. The topological polar surface area (TPSA) is 61.4 Å². The Morgan fingerprint density at radius 3 is 2.65 bits per heavy atom. The predicted octanol–water partition coefficient (Wildman–Crippen LogP) is 0.558. The number of carbonyl (C=O) groups excluding carboxylic acids is 1. The summed E-state index contributed by atoms with van der Waals surface area (Å²) in [5.74, 6) is -0.256. The van der Waals surface area contributed by atoms with E-state index in [0.29, 0.717) is 19.4 Å². The summed E-state index contributed by atoms with van der Waals surface area (Å²) in [5.41, 5.74) is 0. The van der Waals surface area contributed by atoms with E-state index in [1.807, 2.05) is 0 Å². The highest BCUT2D eigenvalue weighted by Crippen LogP contribution is 2.21. The van der Waals surface area contributed by atoms with Gasteiger partial charge in [-0.3, -0.25) is 4.79 Å². The van der Waals surface area contributed by atoms with E-state index in [9.17, 15) is 23.1 Å². The zero-order valence-corrected chi connectivity index (χ0v) is 9.39. The molecule has 0 aromatic carbocycles. The van der Waals surface area contributed by atoms with Crippen LogP contribution in [0.25, 0.3) is 0 Å². The van der Waals surface area contributed by atoms with Gasteiger partial charge in [-0.1, -0.05) is 0 Å². The third-order valence-electron chi connectivity index (χ3n) is 2.61. The second kappa shape index (κ2) is 6.20. The number of aliphatic hydroxyl groups excluding tert-OH is 1. The summed E-state index contributed by atoms with van der Waals surface area (Å²) in [6, 6.07) is -0.424. The molecule has 1 amide bonds. The molecular formula is C10H17F3N2O2. The monoisotopic (exact) mass is 254 g/mol. The summed E-state index contributed by atoms with van der Waals surface area (Å²) in [7, 11) is 0. The van der Waals surface area contributed by atoms with Crippen molar-refractivity contribution in [2.45, 2.75) is 44.0 Å². The van der Waals surface area contributed by atoms with Gasteiger partial charge in [0.2, 0.25) is 5.91 Å². The molecule has 100 valence electrons. The number of unbranched alkanes of at least 4 members (excludes halogenated alkanes) is 1. The molecule has 0 radical (unpaired) electrons. The van der Waals surface area contributed by atoms with Gasteiger partial charge in [0.05, 0.1) is 12.1 Å². The normalized spacial score (nSPS) is 24.9. The first-order valence-electron chi connectivity index (χ1n) is 5.64. The third kappa shape index (κ3) is 5.88. The first kappa shape index (κ1) is 14.2. The van der Waals surface area contributed by atoms with Gasteiger partial charge < -0.3 is 15.7 Å². The van der Waals surface area contributed by atoms with E-state index in [-0.39, 0.29) is 18.9 Å². The van der Waals surface area contributed by atoms with Crippen LogP contribution in [0.2, 0.25) is 0 Å². The molecule has 1 fully saturated rings. The van der Waals surface area contributed by atoms with Gasteiger partial charge >= 0.3 is 6.18 Å². The van der Waals surface area contributed by atoms with E-state index >= 15 is 0 Å². The smallest absolute Gasteiger partial charge is 0.389 e. The van der Waals surface area contributed by atoms with Crippen LogP contribution >= 0.6 is 0 Å². The van der Waals surface area contributed by atoms with Crippen molar-refractivity contribution >= 4 is 5.91 Å². The predicted molar refractivity (Wildman–Crippen MR) is 55.3 cm³/mol. The van der Waals surface area contributed by atoms with Crippen LogP contribution in [0.1, 0.15) is 25.7 Å². The van der Waals surface area contributed by atoms with E-state index < -0.39 is 24.7 Å². The Labute approximate surface area is 97.6 Å². The minimum atomic E-state index is -4.12. The lowest BCUT2D eigenvalue weighted by Gasteiger charge is -2.11. The van der Waals surface area contributed by atoms with E-state index in [1.165, 1.54) is 0 Å². The summed E-state index contributed by atoms with van der Waals surface area (Å²) in [4.78, 5) is 11.4. The first-order chi connectivity index (χ1) is 7.88. The van der Waals surface area contributed by atoms with Gasteiger partial charge in [0.15, 0.2) is 0 Å². The van der Waals surface area contributed by atoms with Crippen molar-refractivity contribution < 1.29 is 23.1 Å². The minimum absolute atomic E-state index is 0.0184. The number of aliphatic hydroxyl groups is 1. The number of nitrogens with one attached hydrogen (secondary N) is 2. The van der Waals surface area contributed by atoms with Crippen molar-refractivity contribution in [3.8, 4) is 0 Å².